The Hall–Kier alpha value is -3.42. The molecule has 2 aromatic rings. The Morgan fingerprint density at radius 2 is 1.79 bits per heavy atom. The molecule has 0 aromatic heterocycles. The summed E-state index contributed by atoms with van der Waals surface area (Å²) in [4.78, 5) is 25.3. The van der Waals surface area contributed by atoms with Crippen molar-refractivity contribution in [3.63, 3.8) is 0 Å². The van der Waals surface area contributed by atoms with Gasteiger partial charge < -0.3 is 23.7 Å². The maximum atomic E-state index is 13.0. The van der Waals surface area contributed by atoms with Crippen molar-refractivity contribution >= 4 is 11.8 Å². The molecule has 7 nitrogen and oxygen atoms in total. The number of fused-ring (bicyclic) bond motifs is 2. The maximum absolute atomic E-state index is 13.0. The van der Waals surface area contributed by atoms with E-state index in [4.69, 9.17) is 23.7 Å². The molecule has 7 heteroatoms. The van der Waals surface area contributed by atoms with E-state index in [-0.39, 0.29) is 36.9 Å². The fourth-order valence-electron chi connectivity index (χ4n) is 4.20. The third-order valence-electron chi connectivity index (χ3n) is 6.05. The summed E-state index contributed by atoms with van der Waals surface area (Å²) in [5, 5.41) is 0. The number of ketones is 1. The van der Waals surface area contributed by atoms with E-state index in [1.807, 2.05) is 30.3 Å². The van der Waals surface area contributed by atoms with E-state index < -0.39 is 5.97 Å². The summed E-state index contributed by atoms with van der Waals surface area (Å²) >= 11 is 0. The predicted octanol–water partition coefficient (Wildman–Crippen LogP) is 3.33. The Bertz CT molecular complexity index is 1190. The highest BCUT2D eigenvalue weighted by atomic mass is 16.6. The number of allylic oxidation sites excluding steroid dienone is 3. The number of carbonyl (C=O) groups is 2. The Morgan fingerprint density at radius 3 is 2.61 bits per heavy atom. The number of benzene rings is 2. The molecule has 4 aliphatic rings. The first-order valence-corrected chi connectivity index (χ1v) is 11.0. The SMILES string of the molecule is O=C1C=C2C(=CC1)Oc1ccc(OCC3CO3)cc1C2c1ccccc1C(=O)OCC1CO1. The van der Waals surface area contributed by atoms with Gasteiger partial charge in [0.2, 0.25) is 0 Å². The summed E-state index contributed by atoms with van der Waals surface area (Å²) in [5.74, 6) is 1.18. The molecule has 1 aliphatic carbocycles. The molecule has 0 saturated carbocycles. The maximum Gasteiger partial charge on any atom is 0.338 e. The number of ether oxygens (including phenoxy) is 5. The lowest BCUT2D eigenvalue weighted by Crippen LogP contribution is -2.23. The summed E-state index contributed by atoms with van der Waals surface area (Å²) in [6, 6.07) is 13.0. The Labute approximate surface area is 190 Å². The second-order valence-electron chi connectivity index (χ2n) is 8.48. The van der Waals surface area contributed by atoms with Crippen molar-refractivity contribution in [2.75, 3.05) is 26.4 Å². The zero-order chi connectivity index (χ0) is 22.4. The lowest BCUT2D eigenvalue weighted by molar-refractivity contribution is -0.114. The van der Waals surface area contributed by atoms with Crippen molar-refractivity contribution in [3.8, 4) is 11.5 Å². The molecule has 3 unspecified atom stereocenters. The van der Waals surface area contributed by atoms with Gasteiger partial charge in [0.05, 0.1) is 18.8 Å². The van der Waals surface area contributed by atoms with E-state index in [1.54, 1.807) is 24.3 Å². The Morgan fingerprint density at radius 1 is 1.00 bits per heavy atom. The highest BCUT2D eigenvalue weighted by Crippen LogP contribution is 2.48. The highest BCUT2D eigenvalue weighted by Gasteiger charge is 2.36. The van der Waals surface area contributed by atoms with E-state index in [9.17, 15) is 9.59 Å². The summed E-state index contributed by atoms with van der Waals surface area (Å²) in [5.41, 5.74) is 2.76. The lowest BCUT2D eigenvalue weighted by atomic mass is 9.78. The minimum atomic E-state index is -0.416. The Balaban J connectivity index is 1.42. The number of hydrogen-bond acceptors (Lipinski definition) is 7. The van der Waals surface area contributed by atoms with Crippen LogP contribution < -0.4 is 9.47 Å². The molecule has 0 bridgehead atoms. The topological polar surface area (TPSA) is 86.9 Å². The number of hydrogen-bond donors (Lipinski definition) is 0. The fourth-order valence-corrected chi connectivity index (χ4v) is 4.20. The molecule has 0 spiro atoms. The van der Waals surface area contributed by atoms with E-state index in [1.165, 1.54) is 0 Å². The lowest BCUT2D eigenvalue weighted by Gasteiger charge is -2.33. The van der Waals surface area contributed by atoms with Gasteiger partial charge in [0.1, 0.15) is 42.7 Å². The molecule has 0 N–H and O–H groups in total. The van der Waals surface area contributed by atoms with Gasteiger partial charge in [-0.1, -0.05) is 18.2 Å². The number of esters is 1. The molecule has 2 aromatic carbocycles. The van der Waals surface area contributed by atoms with Gasteiger partial charge in [0.25, 0.3) is 0 Å². The molecule has 168 valence electrons. The zero-order valence-electron chi connectivity index (χ0n) is 17.8. The Kier molecular flexibility index (Phi) is 5.00. The third kappa shape index (κ3) is 4.17. The van der Waals surface area contributed by atoms with Gasteiger partial charge in [-0.05, 0) is 42.0 Å². The smallest absolute Gasteiger partial charge is 0.338 e. The van der Waals surface area contributed by atoms with Gasteiger partial charge in [-0.15, -0.1) is 0 Å². The van der Waals surface area contributed by atoms with Crippen LogP contribution in [0.4, 0.5) is 0 Å². The van der Waals surface area contributed by atoms with Crippen LogP contribution >= 0.6 is 0 Å². The zero-order valence-corrected chi connectivity index (χ0v) is 17.8. The van der Waals surface area contributed by atoms with Crippen LogP contribution in [-0.4, -0.2) is 50.4 Å². The van der Waals surface area contributed by atoms with Crippen LogP contribution in [0.15, 0.2) is 65.9 Å². The normalized spacial score (nSPS) is 24.5. The van der Waals surface area contributed by atoms with Gasteiger partial charge in [0.15, 0.2) is 5.78 Å². The van der Waals surface area contributed by atoms with Crippen molar-refractivity contribution in [2.45, 2.75) is 24.5 Å². The molecule has 33 heavy (non-hydrogen) atoms. The van der Waals surface area contributed by atoms with Crippen molar-refractivity contribution < 1.29 is 33.3 Å². The summed E-state index contributed by atoms with van der Waals surface area (Å²) < 4.78 is 27.9. The van der Waals surface area contributed by atoms with Crippen molar-refractivity contribution in [1.29, 1.82) is 0 Å². The number of carbonyl (C=O) groups excluding carboxylic acids is 2. The van der Waals surface area contributed by atoms with Crippen LogP contribution in [0, 0.1) is 0 Å². The van der Waals surface area contributed by atoms with Crippen molar-refractivity contribution in [1.82, 2.24) is 0 Å². The van der Waals surface area contributed by atoms with Gasteiger partial charge in [0, 0.05) is 23.5 Å². The number of rotatable bonds is 7. The summed E-state index contributed by atoms with van der Waals surface area (Å²) in [6.07, 6.45) is 3.82. The highest BCUT2D eigenvalue weighted by molar-refractivity contribution is 5.95. The van der Waals surface area contributed by atoms with Crippen molar-refractivity contribution in [2.24, 2.45) is 0 Å². The van der Waals surface area contributed by atoms with E-state index >= 15 is 0 Å². The molecule has 3 atom stereocenters. The van der Waals surface area contributed by atoms with Gasteiger partial charge in [-0.25, -0.2) is 4.79 Å². The molecular weight excluding hydrogens is 424 g/mol. The third-order valence-corrected chi connectivity index (χ3v) is 6.05. The molecule has 3 heterocycles. The van der Waals surface area contributed by atoms with E-state index in [0.29, 0.717) is 42.6 Å². The molecule has 0 radical (unpaired) electrons. The van der Waals surface area contributed by atoms with Gasteiger partial charge in [-0.3, -0.25) is 4.79 Å². The molecule has 3 aliphatic heterocycles. The first-order valence-electron chi connectivity index (χ1n) is 11.0. The molecule has 2 saturated heterocycles. The average molecular weight is 446 g/mol. The number of epoxide rings is 2. The predicted molar refractivity (Wildman–Crippen MR) is 116 cm³/mol. The standard InChI is InChI=1S/C26H22O7/c27-15-5-7-23-21(9-15)25(19-3-1-2-4-20(19)26(28)32-14-18-13-31-18)22-10-16(6-8-24(22)33-23)29-11-17-12-30-17/h1-4,6-10,17-18,25H,5,11-14H2. The molecule has 6 rings (SSSR count). The minimum Gasteiger partial charge on any atom is -0.491 e. The van der Waals surface area contributed by atoms with Crippen LogP contribution in [0.2, 0.25) is 0 Å². The molecule has 2 fully saturated rings. The fraction of sp³-hybridized carbons (Fsp3) is 0.308. The monoisotopic (exact) mass is 446 g/mol. The van der Waals surface area contributed by atoms with Crippen LogP contribution in [0.25, 0.3) is 0 Å². The quantitative estimate of drug-likeness (QED) is 0.476. The van der Waals surface area contributed by atoms with Crippen LogP contribution in [0.3, 0.4) is 0 Å². The summed E-state index contributed by atoms with van der Waals surface area (Å²) in [7, 11) is 0. The van der Waals surface area contributed by atoms with Crippen molar-refractivity contribution in [3.05, 3.63) is 82.6 Å². The largest absolute Gasteiger partial charge is 0.491 e. The van der Waals surface area contributed by atoms with Crippen LogP contribution in [0.5, 0.6) is 11.5 Å². The van der Waals surface area contributed by atoms with Crippen LogP contribution in [0.1, 0.15) is 33.8 Å². The molecule has 0 amide bonds. The first kappa shape index (κ1) is 20.2. The second-order valence-corrected chi connectivity index (χ2v) is 8.48. The summed E-state index contributed by atoms with van der Waals surface area (Å²) in [6.45, 7) is 2.02. The van der Waals surface area contributed by atoms with Gasteiger partial charge >= 0.3 is 5.97 Å². The first-order chi connectivity index (χ1) is 16.2. The average Bonchev–Trinajstić information content (AvgIpc) is 3.75. The second kappa shape index (κ2) is 8.17. The van der Waals surface area contributed by atoms with E-state index in [0.717, 1.165) is 16.7 Å². The van der Waals surface area contributed by atoms with E-state index in [2.05, 4.69) is 0 Å². The molecular formula is C26H22O7. The van der Waals surface area contributed by atoms with Gasteiger partial charge in [-0.2, -0.15) is 0 Å². The van der Waals surface area contributed by atoms with Crippen LogP contribution in [-0.2, 0) is 19.0 Å². The minimum absolute atomic E-state index is 0.00461.